The smallest absolute Gasteiger partial charge is 0.308 e. The lowest BCUT2D eigenvalue weighted by Gasteiger charge is -2.14. The van der Waals surface area contributed by atoms with Gasteiger partial charge in [-0.15, -0.1) is 22.7 Å². The first-order valence-electron chi connectivity index (χ1n) is 12.8. The highest BCUT2D eigenvalue weighted by Gasteiger charge is 2.12. The molecule has 0 spiro atoms. The fourth-order valence-electron chi connectivity index (χ4n) is 4.21. The molecule has 2 aromatic heterocycles. The van der Waals surface area contributed by atoms with Crippen molar-refractivity contribution in [2.75, 3.05) is 26.2 Å². The Balaban J connectivity index is 0.000000193. The molecule has 204 valence electrons. The third-order valence-corrected chi connectivity index (χ3v) is 8.96. The van der Waals surface area contributed by atoms with Crippen molar-refractivity contribution in [1.82, 2.24) is 10.2 Å². The number of benzene rings is 2. The molecule has 5 rings (SSSR count). The standard InChI is InChI=1S/C18H21ClN2OS.C12H9ClO2S/c19-15-5-3-14(4-6-15)17-8-7-16(23-17)13-18(22)20-9-12-21-10-1-2-11-21;13-9-3-1-8(2-4-9)11-6-5-10(16-11)7-12(14)15/h3-8H,1-2,9-13H2,(H,20,22);1-6H,7H2,(H,14,15). The number of hydrogen-bond donors (Lipinski definition) is 2. The summed E-state index contributed by atoms with van der Waals surface area (Å²) in [5.41, 5.74) is 2.20. The van der Waals surface area contributed by atoms with Gasteiger partial charge in [-0.25, -0.2) is 0 Å². The Labute approximate surface area is 247 Å². The van der Waals surface area contributed by atoms with Gasteiger partial charge in [-0.3, -0.25) is 9.59 Å². The molecular formula is C30H30Cl2N2O3S2. The van der Waals surface area contributed by atoms with Crippen LogP contribution in [0.25, 0.3) is 20.9 Å². The zero-order valence-corrected chi connectivity index (χ0v) is 24.5. The van der Waals surface area contributed by atoms with E-state index in [1.165, 1.54) is 42.1 Å². The van der Waals surface area contributed by atoms with Gasteiger partial charge in [-0.2, -0.15) is 0 Å². The monoisotopic (exact) mass is 600 g/mol. The molecule has 1 fully saturated rings. The van der Waals surface area contributed by atoms with Gasteiger partial charge in [-0.05, 0) is 85.6 Å². The van der Waals surface area contributed by atoms with Crippen molar-refractivity contribution < 1.29 is 14.7 Å². The van der Waals surface area contributed by atoms with Crippen molar-refractivity contribution in [2.45, 2.75) is 25.7 Å². The van der Waals surface area contributed by atoms with E-state index in [1.807, 2.05) is 66.7 Å². The first-order chi connectivity index (χ1) is 18.9. The quantitative estimate of drug-likeness (QED) is 0.208. The van der Waals surface area contributed by atoms with Crippen molar-refractivity contribution in [3.8, 4) is 20.9 Å². The lowest BCUT2D eigenvalue weighted by atomic mass is 10.2. The molecule has 39 heavy (non-hydrogen) atoms. The zero-order valence-electron chi connectivity index (χ0n) is 21.4. The number of amides is 1. The van der Waals surface area contributed by atoms with E-state index in [9.17, 15) is 9.59 Å². The SMILES string of the molecule is O=C(Cc1ccc(-c2ccc(Cl)cc2)s1)NCCN1CCCC1.O=C(O)Cc1ccc(-c2ccc(Cl)cc2)s1. The maximum Gasteiger partial charge on any atom is 0.308 e. The summed E-state index contributed by atoms with van der Waals surface area (Å²) >= 11 is 14.9. The van der Waals surface area contributed by atoms with Crippen LogP contribution >= 0.6 is 45.9 Å². The van der Waals surface area contributed by atoms with Crippen LogP contribution in [0.3, 0.4) is 0 Å². The second-order valence-corrected chi connectivity index (χ2v) is 12.4. The van der Waals surface area contributed by atoms with E-state index in [1.54, 1.807) is 11.3 Å². The summed E-state index contributed by atoms with van der Waals surface area (Å²) < 4.78 is 0. The maximum absolute atomic E-state index is 12.0. The van der Waals surface area contributed by atoms with Gasteiger partial charge in [0.05, 0.1) is 12.8 Å². The molecule has 3 heterocycles. The summed E-state index contributed by atoms with van der Waals surface area (Å²) in [5.74, 6) is -0.696. The topological polar surface area (TPSA) is 69.6 Å². The summed E-state index contributed by atoms with van der Waals surface area (Å²) in [5, 5.41) is 13.1. The highest BCUT2D eigenvalue weighted by Crippen LogP contribution is 2.30. The number of carbonyl (C=O) groups is 2. The van der Waals surface area contributed by atoms with E-state index < -0.39 is 5.97 Å². The van der Waals surface area contributed by atoms with Gasteiger partial charge in [0, 0.05) is 42.6 Å². The average molecular weight is 602 g/mol. The predicted octanol–water partition coefficient (Wildman–Crippen LogP) is 7.52. The van der Waals surface area contributed by atoms with Crippen molar-refractivity contribution in [3.63, 3.8) is 0 Å². The summed E-state index contributed by atoms with van der Waals surface area (Å²) in [4.78, 5) is 29.2. The van der Waals surface area contributed by atoms with Crippen LogP contribution in [0.2, 0.25) is 10.0 Å². The Kier molecular flexibility index (Phi) is 11.0. The summed E-state index contributed by atoms with van der Waals surface area (Å²) in [7, 11) is 0. The molecule has 0 bridgehead atoms. The molecule has 2 N–H and O–H groups in total. The van der Waals surface area contributed by atoms with Gasteiger partial charge in [-0.1, -0.05) is 47.5 Å². The number of hydrogen-bond acceptors (Lipinski definition) is 5. The van der Waals surface area contributed by atoms with Crippen LogP contribution in [0.4, 0.5) is 0 Å². The van der Waals surface area contributed by atoms with E-state index in [0.717, 1.165) is 43.9 Å². The first kappa shape index (κ1) is 29.3. The first-order valence-corrected chi connectivity index (χ1v) is 15.1. The van der Waals surface area contributed by atoms with Gasteiger partial charge in [0.15, 0.2) is 0 Å². The fourth-order valence-corrected chi connectivity index (χ4v) is 6.48. The van der Waals surface area contributed by atoms with Crippen LogP contribution < -0.4 is 5.32 Å². The van der Waals surface area contributed by atoms with Crippen molar-refractivity contribution >= 4 is 57.8 Å². The third-order valence-electron chi connectivity index (χ3n) is 6.19. The number of nitrogens with one attached hydrogen (secondary N) is 1. The maximum atomic E-state index is 12.0. The second kappa shape index (κ2) is 14.6. The van der Waals surface area contributed by atoms with E-state index >= 15 is 0 Å². The van der Waals surface area contributed by atoms with E-state index in [4.69, 9.17) is 28.3 Å². The van der Waals surface area contributed by atoms with E-state index in [0.29, 0.717) is 11.4 Å². The van der Waals surface area contributed by atoms with Crippen LogP contribution in [-0.4, -0.2) is 48.1 Å². The van der Waals surface area contributed by atoms with Crippen LogP contribution in [0.15, 0.2) is 72.8 Å². The van der Waals surface area contributed by atoms with Crippen LogP contribution in [-0.2, 0) is 22.4 Å². The number of carbonyl (C=O) groups excluding carboxylic acids is 1. The van der Waals surface area contributed by atoms with Crippen molar-refractivity contribution in [2.24, 2.45) is 0 Å². The molecular weight excluding hydrogens is 571 g/mol. The summed E-state index contributed by atoms with van der Waals surface area (Å²) in [6, 6.07) is 23.2. The Morgan fingerprint density at radius 2 is 1.23 bits per heavy atom. The molecule has 9 heteroatoms. The molecule has 1 aliphatic heterocycles. The molecule has 5 nitrogen and oxygen atoms in total. The number of likely N-dealkylation sites (tertiary alicyclic amines) is 1. The van der Waals surface area contributed by atoms with Gasteiger partial charge in [0.25, 0.3) is 0 Å². The van der Waals surface area contributed by atoms with Crippen LogP contribution in [0, 0.1) is 0 Å². The molecule has 1 saturated heterocycles. The lowest BCUT2D eigenvalue weighted by Crippen LogP contribution is -2.34. The molecule has 1 amide bonds. The minimum absolute atomic E-state index is 0.0816. The van der Waals surface area contributed by atoms with Gasteiger partial charge in [0.2, 0.25) is 5.91 Å². The van der Waals surface area contributed by atoms with Crippen LogP contribution in [0.5, 0.6) is 0 Å². The van der Waals surface area contributed by atoms with E-state index in [2.05, 4.69) is 16.3 Å². The number of thiophene rings is 2. The molecule has 0 aliphatic carbocycles. The molecule has 0 saturated carbocycles. The normalized spacial score (nSPS) is 13.1. The highest BCUT2D eigenvalue weighted by atomic mass is 35.5. The molecule has 2 aromatic carbocycles. The van der Waals surface area contributed by atoms with Gasteiger partial charge >= 0.3 is 5.97 Å². The fraction of sp³-hybridized carbons (Fsp3) is 0.267. The number of rotatable bonds is 9. The minimum atomic E-state index is -0.801. The molecule has 0 unspecified atom stereocenters. The number of nitrogens with zero attached hydrogens (tertiary/aromatic N) is 1. The molecule has 4 aromatic rings. The second-order valence-electron chi connectivity index (χ2n) is 9.19. The number of aliphatic carboxylic acids is 1. The van der Waals surface area contributed by atoms with E-state index in [-0.39, 0.29) is 12.3 Å². The number of carboxylic acids is 1. The highest BCUT2D eigenvalue weighted by molar-refractivity contribution is 7.15. The Bertz CT molecular complexity index is 1360. The average Bonchev–Trinajstić information content (AvgIpc) is 3.68. The zero-order chi connectivity index (χ0) is 27.6. The summed E-state index contributed by atoms with van der Waals surface area (Å²) in [6.07, 6.45) is 3.11. The van der Waals surface area contributed by atoms with Crippen molar-refractivity contribution in [3.05, 3.63) is 92.6 Å². The molecule has 1 aliphatic rings. The largest absolute Gasteiger partial charge is 0.481 e. The van der Waals surface area contributed by atoms with Crippen molar-refractivity contribution in [1.29, 1.82) is 0 Å². The predicted molar refractivity (Wildman–Crippen MR) is 163 cm³/mol. The number of halogens is 2. The Morgan fingerprint density at radius 1 is 0.744 bits per heavy atom. The molecule has 0 radical (unpaired) electrons. The van der Waals surface area contributed by atoms with Gasteiger partial charge in [0.1, 0.15) is 0 Å². The lowest BCUT2D eigenvalue weighted by molar-refractivity contribution is -0.136. The minimum Gasteiger partial charge on any atom is -0.481 e. The Morgan fingerprint density at radius 3 is 1.72 bits per heavy atom. The van der Waals surface area contributed by atoms with Gasteiger partial charge < -0.3 is 15.3 Å². The van der Waals surface area contributed by atoms with Crippen LogP contribution in [0.1, 0.15) is 22.6 Å². The number of carboxylic acid groups (broad SMARTS) is 1. The third kappa shape index (κ3) is 9.48. The summed E-state index contributed by atoms with van der Waals surface area (Å²) in [6.45, 7) is 4.05. The molecule has 0 atom stereocenters. The Hall–Kier alpha value is -2.68.